The van der Waals surface area contributed by atoms with Crippen molar-refractivity contribution >= 4 is 10.9 Å². The molecule has 0 spiro atoms. The van der Waals surface area contributed by atoms with Crippen LogP contribution in [-0.4, -0.2) is 55.5 Å². The fourth-order valence-electron chi connectivity index (χ4n) is 5.00. The molecule has 0 bridgehead atoms. The Labute approximate surface area is 207 Å². The quantitative estimate of drug-likeness (QED) is 0.355. The number of hydrogen-bond donors (Lipinski definition) is 2. The summed E-state index contributed by atoms with van der Waals surface area (Å²) >= 11 is 0. The van der Waals surface area contributed by atoms with Gasteiger partial charge in [-0.25, -0.2) is 9.37 Å². The van der Waals surface area contributed by atoms with Crippen LogP contribution in [0.3, 0.4) is 0 Å². The molecule has 1 atom stereocenters. The van der Waals surface area contributed by atoms with E-state index in [1.54, 1.807) is 31.6 Å². The lowest BCUT2D eigenvalue weighted by Gasteiger charge is -2.32. The molecule has 182 valence electrons. The second-order valence-corrected chi connectivity index (χ2v) is 9.11. The van der Waals surface area contributed by atoms with E-state index >= 15 is 0 Å². The summed E-state index contributed by atoms with van der Waals surface area (Å²) in [6.45, 7) is 2.19. The van der Waals surface area contributed by atoms with E-state index in [1.165, 1.54) is 6.07 Å². The Morgan fingerprint density at radius 1 is 1.06 bits per heavy atom. The van der Waals surface area contributed by atoms with Crippen molar-refractivity contribution in [2.24, 2.45) is 0 Å². The molecule has 6 rings (SSSR count). The summed E-state index contributed by atoms with van der Waals surface area (Å²) < 4.78 is 19.9. The molecule has 1 fully saturated rings. The number of methoxy groups -OCH3 is 1. The molecule has 2 N–H and O–H groups in total. The molecular formula is C27H26FN7O. The van der Waals surface area contributed by atoms with Gasteiger partial charge in [0.25, 0.3) is 0 Å². The van der Waals surface area contributed by atoms with Gasteiger partial charge in [0.05, 0.1) is 12.6 Å². The van der Waals surface area contributed by atoms with Gasteiger partial charge in [-0.05, 0) is 61.9 Å². The summed E-state index contributed by atoms with van der Waals surface area (Å²) in [5, 5.41) is 16.3. The fraction of sp³-hybridized carbons (Fsp3) is 0.259. The first-order valence-electron chi connectivity index (χ1n) is 12.0. The van der Waals surface area contributed by atoms with E-state index in [1.807, 2.05) is 24.3 Å². The average molecular weight is 484 g/mol. The molecule has 36 heavy (non-hydrogen) atoms. The Hall–Kier alpha value is -4.11. The SMILES string of the molecule is COc1cccc(F)c1CN1CCC[C@H](c2nc(-c3ccc4[nH]nc(-c5ccncc5)c4c3)n[nH]2)C1. The summed E-state index contributed by atoms with van der Waals surface area (Å²) in [5.41, 5.74) is 4.34. The lowest BCUT2D eigenvalue weighted by atomic mass is 9.96. The number of H-pyrrole nitrogens is 2. The third-order valence-corrected chi connectivity index (χ3v) is 6.85. The molecule has 5 aromatic rings. The summed E-state index contributed by atoms with van der Waals surface area (Å²) in [7, 11) is 1.58. The summed E-state index contributed by atoms with van der Waals surface area (Å²) in [4.78, 5) is 11.2. The van der Waals surface area contributed by atoms with E-state index in [0.717, 1.165) is 59.5 Å². The summed E-state index contributed by atoms with van der Waals surface area (Å²) in [5.74, 6) is 2.06. The zero-order valence-corrected chi connectivity index (χ0v) is 19.9. The van der Waals surface area contributed by atoms with E-state index in [4.69, 9.17) is 9.72 Å². The van der Waals surface area contributed by atoms with E-state index < -0.39 is 0 Å². The number of benzene rings is 2. The number of fused-ring (bicyclic) bond motifs is 1. The fourth-order valence-corrected chi connectivity index (χ4v) is 5.00. The van der Waals surface area contributed by atoms with Crippen molar-refractivity contribution in [3.63, 3.8) is 0 Å². The van der Waals surface area contributed by atoms with Gasteiger partial charge in [0.2, 0.25) is 0 Å². The minimum Gasteiger partial charge on any atom is -0.496 e. The molecule has 1 aliphatic rings. The van der Waals surface area contributed by atoms with Crippen LogP contribution in [0.25, 0.3) is 33.5 Å². The first-order chi connectivity index (χ1) is 17.7. The Kier molecular flexibility index (Phi) is 5.90. The van der Waals surface area contributed by atoms with Crippen molar-refractivity contribution in [2.45, 2.75) is 25.3 Å². The first kappa shape index (κ1) is 22.4. The van der Waals surface area contributed by atoms with Crippen molar-refractivity contribution in [2.75, 3.05) is 20.2 Å². The third-order valence-electron chi connectivity index (χ3n) is 6.85. The molecule has 1 aliphatic heterocycles. The highest BCUT2D eigenvalue weighted by atomic mass is 19.1. The lowest BCUT2D eigenvalue weighted by Crippen LogP contribution is -2.34. The second kappa shape index (κ2) is 9.50. The third kappa shape index (κ3) is 4.22. The van der Waals surface area contributed by atoms with E-state index in [0.29, 0.717) is 23.7 Å². The maximum atomic E-state index is 14.5. The van der Waals surface area contributed by atoms with Gasteiger partial charge in [0, 0.05) is 53.5 Å². The van der Waals surface area contributed by atoms with Gasteiger partial charge in [-0.3, -0.25) is 20.1 Å². The second-order valence-electron chi connectivity index (χ2n) is 9.11. The number of nitrogens with zero attached hydrogens (tertiary/aromatic N) is 5. The largest absolute Gasteiger partial charge is 0.496 e. The van der Waals surface area contributed by atoms with Crippen molar-refractivity contribution in [1.29, 1.82) is 0 Å². The highest BCUT2D eigenvalue weighted by molar-refractivity contribution is 5.95. The molecular weight excluding hydrogens is 457 g/mol. The maximum absolute atomic E-state index is 14.5. The van der Waals surface area contributed by atoms with Crippen LogP contribution in [0.4, 0.5) is 4.39 Å². The minimum absolute atomic E-state index is 0.197. The maximum Gasteiger partial charge on any atom is 0.181 e. The standard InChI is InChI=1S/C27H26FN7O/c1-36-24-6-2-5-22(28)21(24)16-35-13-3-4-19(15-35)27-30-26(33-34-27)18-7-8-23-20(14-18)25(32-31-23)17-9-11-29-12-10-17/h2,5-12,14,19H,3-4,13,15-16H2,1H3,(H,31,32)(H,30,33,34)/t19-/m0/s1. The normalized spacial score (nSPS) is 16.4. The van der Waals surface area contributed by atoms with Crippen LogP contribution in [0, 0.1) is 5.82 Å². The van der Waals surface area contributed by atoms with Crippen molar-refractivity contribution in [1.82, 2.24) is 35.3 Å². The number of hydrogen-bond acceptors (Lipinski definition) is 6. The molecule has 0 unspecified atom stereocenters. The van der Waals surface area contributed by atoms with Crippen LogP contribution in [-0.2, 0) is 6.54 Å². The monoisotopic (exact) mass is 483 g/mol. The van der Waals surface area contributed by atoms with Crippen LogP contribution in [0.1, 0.15) is 30.1 Å². The predicted molar refractivity (Wildman–Crippen MR) is 135 cm³/mol. The van der Waals surface area contributed by atoms with Crippen LogP contribution in [0.15, 0.2) is 60.9 Å². The number of halogens is 1. The molecule has 0 amide bonds. The van der Waals surface area contributed by atoms with Gasteiger partial charge >= 0.3 is 0 Å². The van der Waals surface area contributed by atoms with Gasteiger partial charge in [0.15, 0.2) is 5.82 Å². The number of ether oxygens (including phenoxy) is 1. The molecule has 9 heteroatoms. The molecule has 8 nitrogen and oxygen atoms in total. The molecule has 4 heterocycles. The Balaban J connectivity index is 1.23. The van der Waals surface area contributed by atoms with Gasteiger partial charge in [-0.2, -0.15) is 10.2 Å². The highest BCUT2D eigenvalue weighted by Crippen LogP contribution is 2.32. The zero-order chi connectivity index (χ0) is 24.5. The number of aromatic nitrogens is 6. The smallest absolute Gasteiger partial charge is 0.181 e. The van der Waals surface area contributed by atoms with Crippen LogP contribution < -0.4 is 4.74 Å². The topological polar surface area (TPSA) is 95.6 Å². The van der Waals surface area contributed by atoms with Gasteiger partial charge in [-0.15, -0.1) is 0 Å². The van der Waals surface area contributed by atoms with Crippen molar-refractivity contribution < 1.29 is 9.13 Å². The van der Waals surface area contributed by atoms with E-state index in [9.17, 15) is 4.39 Å². The zero-order valence-electron chi connectivity index (χ0n) is 19.9. The predicted octanol–water partition coefficient (Wildman–Crippen LogP) is 4.94. The molecule has 0 saturated carbocycles. The van der Waals surface area contributed by atoms with Crippen LogP contribution in [0.5, 0.6) is 5.75 Å². The summed E-state index contributed by atoms with van der Waals surface area (Å²) in [6, 6.07) is 14.9. The number of pyridine rings is 1. The van der Waals surface area contributed by atoms with Gasteiger partial charge in [-0.1, -0.05) is 6.07 Å². The number of nitrogens with one attached hydrogen (secondary N) is 2. The number of piperidine rings is 1. The number of aromatic amines is 2. The van der Waals surface area contributed by atoms with Gasteiger partial charge in [0.1, 0.15) is 23.1 Å². The molecule has 1 saturated heterocycles. The minimum atomic E-state index is -0.237. The lowest BCUT2D eigenvalue weighted by molar-refractivity contribution is 0.192. The molecule has 0 radical (unpaired) electrons. The van der Waals surface area contributed by atoms with Gasteiger partial charge < -0.3 is 4.74 Å². The average Bonchev–Trinajstić information content (AvgIpc) is 3.58. The first-order valence-corrected chi connectivity index (χ1v) is 12.0. The van der Waals surface area contributed by atoms with Crippen LogP contribution >= 0.6 is 0 Å². The van der Waals surface area contributed by atoms with E-state index in [-0.39, 0.29) is 11.7 Å². The Morgan fingerprint density at radius 3 is 2.81 bits per heavy atom. The summed E-state index contributed by atoms with van der Waals surface area (Å²) in [6.07, 6.45) is 5.54. The molecule has 3 aromatic heterocycles. The Morgan fingerprint density at radius 2 is 1.94 bits per heavy atom. The van der Waals surface area contributed by atoms with E-state index in [2.05, 4.69) is 36.3 Å². The molecule has 0 aliphatic carbocycles. The van der Waals surface area contributed by atoms with Crippen molar-refractivity contribution in [3.05, 3.63) is 78.1 Å². The van der Waals surface area contributed by atoms with Crippen molar-refractivity contribution in [3.8, 4) is 28.4 Å². The Bertz CT molecular complexity index is 1500. The van der Waals surface area contributed by atoms with Crippen LogP contribution in [0.2, 0.25) is 0 Å². The number of rotatable bonds is 6. The molecule has 2 aromatic carbocycles. The number of likely N-dealkylation sites (tertiary alicyclic amines) is 1. The highest BCUT2D eigenvalue weighted by Gasteiger charge is 2.26.